The van der Waals surface area contributed by atoms with Crippen LogP contribution < -0.4 is 10.1 Å². The predicted octanol–water partition coefficient (Wildman–Crippen LogP) is 2.37. The quantitative estimate of drug-likeness (QED) is 0.928. The van der Waals surface area contributed by atoms with Crippen LogP contribution in [0.3, 0.4) is 0 Å². The molecule has 1 fully saturated rings. The molecule has 1 N–H and O–H groups in total. The van der Waals surface area contributed by atoms with Gasteiger partial charge >= 0.3 is 0 Å². The molecular weight excluding hydrogens is 298 g/mol. The van der Waals surface area contributed by atoms with Gasteiger partial charge in [-0.1, -0.05) is 0 Å². The molecular formula is C13H16BrNO3. The third-order valence-corrected chi connectivity index (χ3v) is 3.62. The second kappa shape index (κ2) is 6.20. The van der Waals surface area contributed by atoms with Crippen LogP contribution in [0.2, 0.25) is 0 Å². The maximum absolute atomic E-state index is 12.0. The van der Waals surface area contributed by atoms with E-state index in [4.69, 9.17) is 9.47 Å². The lowest BCUT2D eigenvalue weighted by molar-refractivity contribution is 0.0857. The molecule has 98 valence electrons. The van der Waals surface area contributed by atoms with Crippen molar-refractivity contribution in [2.45, 2.75) is 18.9 Å². The number of halogens is 1. The molecule has 0 saturated carbocycles. The van der Waals surface area contributed by atoms with Gasteiger partial charge in [-0.3, -0.25) is 4.79 Å². The van der Waals surface area contributed by atoms with Crippen LogP contribution in [0.4, 0.5) is 0 Å². The van der Waals surface area contributed by atoms with E-state index >= 15 is 0 Å². The Labute approximate surface area is 115 Å². The monoisotopic (exact) mass is 313 g/mol. The molecule has 18 heavy (non-hydrogen) atoms. The summed E-state index contributed by atoms with van der Waals surface area (Å²) in [5.74, 6) is 0.553. The summed E-state index contributed by atoms with van der Waals surface area (Å²) in [6, 6.07) is 5.33. The highest BCUT2D eigenvalue weighted by Crippen LogP contribution is 2.22. The zero-order chi connectivity index (χ0) is 13.0. The normalized spacial score (nSPS) is 18.7. The first-order valence-corrected chi connectivity index (χ1v) is 6.73. The van der Waals surface area contributed by atoms with Crippen molar-refractivity contribution in [3.05, 3.63) is 28.2 Å². The predicted molar refractivity (Wildman–Crippen MR) is 72.0 cm³/mol. The fourth-order valence-electron chi connectivity index (χ4n) is 1.91. The minimum atomic E-state index is -0.115. The third-order valence-electron chi connectivity index (χ3n) is 2.93. The van der Waals surface area contributed by atoms with Gasteiger partial charge < -0.3 is 14.8 Å². The van der Waals surface area contributed by atoms with Crippen LogP contribution in [0.15, 0.2) is 22.7 Å². The van der Waals surface area contributed by atoms with Crippen LogP contribution in [-0.2, 0) is 4.74 Å². The average molecular weight is 314 g/mol. The number of amides is 1. The number of methoxy groups -OCH3 is 1. The van der Waals surface area contributed by atoms with E-state index < -0.39 is 0 Å². The molecule has 2 rings (SSSR count). The lowest BCUT2D eigenvalue weighted by Crippen LogP contribution is -2.31. The molecule has 1 unspecified atom stereocenters. The molecule has 1 saturated heterocycles. The van der Waals surface area contributed by atoms with Crippen LogP contribution in [0.5, 0.6) is 5.75 Å². The van der Waals surface area contributed by atoms with E-state index in [1.54, 1.807) is 25.3 Å². The topological polar surface area (TPSA) is 47.6 Å². The maximum Gasteiger partial charge on any atom is 0.252 e. The zero-order valence-electron chi connectivity index (χ0n) is 10.2. The van der Waals surface area contributed by atoms with E-state index in [-0.39, 0.29) is 12.0 Å². The van der Waals surface area contributed by atoms with Crippen LogP contribution in [0, 0.1) is 0 Å². The molecule has 1 aromatic rings. The molecule has 0 aromatic heterocycles. The fraction of sp³-hybridized carbons (Fsp3) is 0.462. The number of rotatable bonds is 4. The fourth-order valence-corrected chi connectivity index (χ4v) is 2.34. The average Bonchev–Trinajstić information content (AvgIpc) is 2.89. The summed E-state index contributed by atoms with van der Waals surface area (Å²) in [4.78, 5) is 12.0. The molecule has 1 amide bonds. The Bertz CT molecular complexity index is 430. The second-order valence-electron chi connectivity index (χ2n) is 4.19. The van der Waals surface area contributed by atoms with Crippen molar-refractivity contribution in [1.29, 1.82) is 0 Å². The first kappa shape index (κ1) is 13.4. The number of nitrogens with one attached hydrogen (secondary N) is 1. The number of hydrogen-bond acceptors (Lipinski definition) is 3. The Morgan fingerprint density at radius 3 is 3.11 bits per heavy atom. The van der Waals surface area contributed by atoms with Gasteiger partial charge in [-0.2, -0.15) is 0 Å². The molecule has 0 bridgehead atoms. The summed E-state index contributed by atoms with van der Waals surface area (Å²) in [5, 5.41) is 2.88. The molecule has 1 heterocycles. The van der Waals surface area contributed by atoms with Crippen LogP contribution in [0.25, 0.3) is 0 Å². The summed E-state index contributed by atoms with van der Waals surface area (Å²) in [6.07, 6.45) is 2.24. The van der Waals surface area contributed by atoms with Gasteiger partial charge in [0.05, 0.1) is 18.8 Å². The van der Waals surface area contributed by atoms with E-state index in [0.717, 1.165) is 23.9 Å². The summed E-state index contributed by atoms with van der Waals surface area (Å²) < 4.78 is 11.3. The van der Waals surface area contributed by atoms with Gasteiger partial charge in [-0.25, -0.2) is 0 Å². The highest BCUT2D eigenvalue weighted by atomic mass is 79.9. The summed E-state index contributed by atoms with van der Waals surface area (Å²) in [5.41, 5.74) is 0.576. The molecule has 1 aliphatic rings. The molecule has 4 nitrogen and oxygen atoms in total. The zero-order valence-corrected chi connectivity index (χ0v) is 11.8. The SMILES string of the molecule is COc1ccc(Br)c(C(=O)NCC2CCCO2)c1. The molecule has 0 aliphatic carbocycles. The largest absolute Gasteiger partial charge is 0.497 e. The second-order valence-corrected chi connectivity index (χ2v) is 5.05. The smallest absolute Gasteiger partial charge is 0.252 e. The van der Waals surface area contributed by atoms with Crippen molar-refractivity contribution in [3.8, 4) is 5.75 Å². The van der Waals surface area contributed by atoms with E-state index in [0.29, 0.717) is 17.9 Å². The molecule has 1 atom stereocenters. The van der Waals surface area contributed by atoms with Crippen molar-refractivity contribution in [1.82, 2.24) is 5.32 Å². The Balaban J connectivity index is 1.98. The highest BCUT2D eigenvalue weighted by Gasteiger charge is 2.17. The van der Waals surface area contributed by atoms with Crippen molar-refractivity contribution in [2.75, 3.05) is 20.3 Å². The minimum absolute atomic E-state index is 0.115. The number of carbonyl (C=O) groups is 1. The van der Waals surface area contributed by atoms with Gasteiger partial charge in [0.25, 0.3) is 5.91 Å². The van der Waals surface area contributed by atoms with Gasteiger partial charge in [0.15, 0.2) is 0 Å². The number of benzene rings is 1. The Hall–Kier alpha value is -1.07. The summed E-state index contributed by atoms with van der Waals surface area (Å²) in [7, 11) is 1.58. The van der Waals surface area contributed by atoms with E-state index in [1.807, 2.05) is 0 Å². The third kappa shape index (κ3) is 3.23. The molecule has 0 radical (unpaired) electrons. The Morgan fingerprint density at radius 1 is 1.61 bits per heavy atom. The Morgan fingerprint density at radius 2 is 2.44 bits per heavy atom. The number of hydrogen-bond donors (Lipinski definition) is 1. The summed E-state index contributed by atoms with van der Waals surface area (Å²) >= 11 is 3.37. The van der Waals surface area contributed by atoms with E-state index in [2.05, 4.69) is 21.2 Å². The van der Waals surface area contributed by atoms with Crippen LogP contribution >= 0.6 is 15.9 Å². The van der Waals surface area contributed by atoms with E-state index in [9.17, 15) is 4.79 Å². The van der Waals surface area contributed by atoms with Gasteiger partial charge in [-0.15, -0.1) is 0 Å². The van der Waals surface area contributed by atoms with Crippen LogP contribution in [0.1, 0.15) is 23.2 Å². The highest BCUT2D eigenvalue weighted by molar-refractivity contribution is 9.10. The molecule has 1 aliphatic heterocycles. The molecule has 0 spiro atoms. The first-order chi connectivity index (χ1) is 8.70. The maximum atomic E-state index is 12.0. The molecule has 1 aromatic carbocycles. The van der Waals surface area contributed by atoms with Crippen molar-refractivity contribution in [3.63, 3.8) is 0 Å². The van der Waals surface area contributed by atoms with Gasteiger partial charge in [0.2, 0.25) is 0 Å². The number of carbonyl (C=O) groups excluding carboxylic acids is 1. The Kier molecular flexibility index (Phi) is 4.60. The van der Waals surface area contributed by atoms with Crippen molar-refractivity contribution in [2.24, 2.45) is 0 Å². The lowest BCUT2D eigenvalue weighted by Gasteiger charge is -2.12. The van der Waals surface area contributed by atoms with E-state index in [1.165, 1.54) is 0 Å². The first-order valence-electron chi connectivity index (χ1n) is 5.94. The number of ether oxygens (including phenoxy) is 2. The van der Waals surface area contributed by atoms with Crippen LogP contribution in [-0.4, -0.2) is 32.3 Å². The summed E-state index contributed by atoms with van der Waals surface area (Å²) in [6.45, 7) is 1.35. The minimum Gasteiger partial charge on any atom is -0.497 e. The lowest BCUT2D eigenvalue weighted by atomic mass is 10.2. The van der Waals surface area contributed by atoms with Gasteiger partial charge in [-0.05, 0) is 47.0 Å². The molecule has 5 heteroatoms. The van der Waals surface area contributed by atoms with Gasteiger partial charge in [0, 0.05) is 17.6 Å². The van der Waals surface area contributed by atoms with Crippen molar-refractivity contribution < 1.29 is 14.3 Å². The standard InChI is InChI=1S/C13H16BrNO3/c1-17-9-4-5-12(14)11(7-9)13(16)15-8-10-3-2-6-18-10/h4-5,7,10H,2-3,6,8H2,1H3,(H,15,16). The van der Waals surface area contributed by atoms with Crippen molar-refractivity contribution >= 4 is 21.8 Å². The van der Waals surface area contributed by atoms with Gasteiger partial charge in [0.1, 0.15) is 5.75 Å².